The predicted octanol–water partition coefficient (Wildman–Crippen LogP) is 2.36. The number of carbonyl (C=O) groups excluding carboxylic acids is 3. The second-order valence-corrected chi connectivity index (χ2v) is 14.9. The molecule has 6 rings (SSSR count). The zero-order valence-electron chi connectivity index (χ0n) is 29.9. The number of urea groups is 1. The molecule has 0 bridgehead atoms. The molecule has 0 saturated heterocycles. The average Bonchev–Trinajstić information content (AvgIpc) is 3.64. The molecule has 54 heavy (non-hydrogen) atoms. The molecule has 0 aliphatic carbocycles. The van der Waals surface area contributed by atoms with Crippen molar-refractivity contribution in [1.29, 1.82) is 0 Å². The Morgan fingerprint density at radius 3 is 2.54 bits per heavy atom. The lowest BCUT2D eigenvalue weighted by atomic mass is 9.92. The lowest BCUT2D eigenvalue weighted by Crippen LogP contribution is -2.39. The van der Waals surface area contributed by atoms with Crippen molar-refractivity contribution in [2.75, 3.05) is 51.7 Å². The standard InChI is InChI=1S/C18H17FN4O2S.C15H18N6O6S/c1-4-5-22-13-7-12(11(19)6-14(13)25-9-16(22)24)20-17-23-10-18(2,3)8-15(23)21-26-17;1-21(2)13(22)9-6-5-7-16-12(9)28(24,25)20-15(23)19-14-17-10(26-3)8-11(18-14)27-4/h1,6-7H,5,8-10H2,2-3H3;5-8H,1-4H3,(H2,17,18,19,20,23)/b20-17-;. The molecule has 21 heteroatoms. The van der Waals surface area contributed by atoms with Gasteiger partial charge in [0.05, 0.1) is 38.1 Å². The number of nitrogens with one attached hydrogen (secondary N) is 2. The Balaban J connectivity index is 0.000000208. The summed E-state index contributed by atoms with van der Waals surface area (Å²) in [6.45, 7) is 5.05. The zero-order valence-corrected chi connectivity index (χ0v) is 31.5. The molecule has 18 nitrogen and oxygen atoms in total. The van der Waals surface area contributed by atoms with E-state index in [9.17, 15) is 27.2 Å². The Morgan fingerprint density at radius 1 is 1.19 bits per heavy atom. The highest BCUT2D eigenvalue weighted by Crippen LogP contribution is 2.37. The first-order chi connectivity index (χ1) is 25.5. The third-order valence-corrected chi connectivity index (χ3v) is 9.71. The number of hydrogen-bond acceptors (Lipinski definition) is 14. The van der Waals surface area contributed by atoms with Crippen molar-refractivity contribution in [3.05, 3.63) is 58.5 Å². The molecular formula is C33H35FN10O8S2. The molecule has 3 aromatic heterocycles. The van der Waals surface area contributed by atoms with Gasteiger partial charge in [-0.15, -0.1) is 6.42 Å². The first kappa shape index (κ1) is 39.1. The fourth-order valence-corrected chi connectivity index (χ4v) is 7.02. The molecule has 5 heterocycles. The van der Waals surface area contributed by atoms with Crippen molar-refractivity contribution >= 4 is 56.7 Å². The molecule has 0 saturated carbocycles. The van der Waals surface area contributed by atoms with Gasteiger partial charge in [0.15, 0.2) is 17.5 Å². The minimum Gasteiger partial charge on any atom is -0.481 e. The molecule has 284 valence electrons. The predicted molar refractivity (Wildman–Crippen MR) is 193 cm³/mol. The van der Waals surface area contributed by atoms with Crippen LogP contribution in [0.15, 0.2) is 46.5 Å². The van der Waals surface area contributed by atoms with E-state index in [4.69, 9.17) is 20.6 Å². The first-order valence-electron chi connectivity index (χ1n) is 15.8. The lowest BCUT2D eigenvalue weighted by molar-refractivity contribution is -0.121. The van der Waals surface area contributed by atoms with E-state index >= 15 is 0 Å². The summed E-state index contributed by atoms with van der Waals surface area (Å²) in [6.07, 6.45) is 7.41. The molecule has 0 fully saturated rings. The van der Waals surface area contributed by atoms with Crippen LogP contribution in [0.1, 0.15) is 30.0 Å². The number of fused-ring (bicyclic) bond motifs is 2. The fraction of sp³-hybridized carbons (Fsp3) is 0.333. The van der Waals surface area contributed by atoms with Crippen molar-refractivity contribution in [1.82, 2.24) is 33.5 Å². The number of carbonyl (C=O) groups is 3. The molecule has 2 N–H and O–H groups in total. The number of anilines is 2. The summed E-state index contributed by atoms with van der Waals surface area (Å²) < 4.78 is 63.0. The SMILES string of the molecule is C#CCN1C(=O)COc2cc(F)c(/N=c3\snc4n3CC(C)(C)C4)cc21.COc1cc(OC)nc(NC(=O)NS(=O)(=O)c2ncccc2C(=O)N(C)C)n1. The van der Waals surface area contributed by atoms with E-state index < -0.39 is 32.8 Å². The van der Waals surface area contributed by atoms with E-state index in [1.165, 1.54) is 86.2 Å². The molecule has 0 radical (unpaired) electrons. The number of amides is 4. The number of methoxy groups -OCH3 is 2. The summed E-state index contributed by atoms with van der Waals surface area (Å²) >= 11 is 1.24. The van der Waals surface area contributed by atoms with Crippen molar-refractivity contribution in [3.8, 4) is 29.9 Å². The van der Waals surface area contributed by atoms with Crippen LogP contribution in [-0.2, 0) is 27.8 Å². The second-order valence-electron chi connectivity index (χ2n) is 12.6. The number of terminal acetylenes is 1. The highest BCUT2D eigenvalue weighted by molar-refractivity contribution is 7.90. The molecule has 2 aliphatic rings. The van der Waals surface area contributed by atoms with Crippen LogP contribution >= 0.6 is 11.5 Å². The summed E-state index contributed by atoms with van der Waals surface area (Å²) in [5.41, 5.74) is 0.490. The topological polar surface area (TPSA) is 212 Å². The van der Waals surface area contributed by atoms with Crippen LogP contribution in [-0.4, -0.2) is 96.5 Å². The molecule has 4 amide bonds. The van der Waals surface area contributed by atoms with Crippen LogP contribution in [0.25, 0.3) is 0 Å². The van der Waals surface area contributed by atoms with Gasteiger partial charge in [0.2, 0.25) is 22.5 Å². The number of ether oxygens (including phenoxy) is 3. The maximum Gasteiger partial charge on any atom is 0.335 e. The van der Waals surface area contributed by atoms with Crippen LogP contribution in [0.5, 0.6) is 17.5 Å². The van der Waals surface area contributed by atoms with Gasteiger partial charge in [-0.1, -0.05) is 19.8 Å². The van der Waals surface area contributed by atoms with Gasteiger partial charge in [0, 0.05) is 50.9 Å². The molecular weight excluding hydrogens is 748 g/mol. The van der Waals surface area contributed by atoms with Gasteiger partial charge < -0.3 is 23.7 Å². The number of pyridine rings is 1. The molecule has 4 aromatic rings. The number of aromatic nitrogens is 5. The Kier molecular flexibility index (Phi) is 11.5. The van der Waals surface area contributed by atoms with Crippen molar-refractivity contribution in [2.24, 2.45) is 10.4 Å². The maximum atomic E-state index is 14.5. The largest absolute Gasteiger partial charge is 0.481 e. The number of sulfonamides is 1. The summed E-state index contributed by atoms with van der Waals surface area (Å²) in [6, 6.07) is 5.66. The van der Waals surface area contributed by atoms with Gasteiger partial charge in [0.1, 0.15) is 17.3 Å². The van der Waals surface area contributed by atoms with Gasteiger partial charge >= 0.3 is 6.03 Å². The van der Waals surface area contributed by atoms with Crippen molar-refractivity contribution in [2.45, 2.75) is 31.8 Å². The van der Waals surface area contributed by atoms with E-state index in [-0.39, 0.29) is 53.4 Å². The third-order valence-electron chi connectivity index (χ3n) is 7.65. The number of halogens is 1. The second kappa shape index (κ2) is 15.8. The Bertz CT molecular complexity index is 2310. The van der Waals surface area contributed by atoms with Crippen LogP contribution in [0.2, 0.25) is 0 Å². The van der Waals surface area contributed by atoms with Gasteiger partial charge in [-0.25, -0.2) is 23.9 Å². The van der Waals surface area contributed by atoms with E-state index in [1.807, 2.05) is 4.57 Å². The summed E-state index contributed by atoms with van der Waals surface area (Å²) in [7, 11) is 1.15. The van der Waals surface area contributed by atoms with Crippen LogP contribution in [0.4, 0.5) is 26.5 Å². The normalized spacial score (nSPS) is 14.4. The maximum absolute atomic E-state index is 14.5. The quantitative estimate of drug-likeness (QED) is 0.247. The zero-order chi connectivity index (χ0) is 39.4. The lowest BCUT2D eigenvalue weighted by Gasteiger charge is -2.28. The summed E-state index contributed by atoms with van der Waals surface area (Å²) in [4.78, 5) is 55.5. The minimum absolute atomic E-state index is 0.0913. The smallest absolute Gasteiger partial charge is 0.335 e. The number of rotatable bonds is 8. The van der Waals surface area contributed by atoms with E-state index in [1.54, 1.807) is 4.72 Å². The highest BCUT2D eigenvalue weighted by Gasteiger charge is 2.32. The minimum atomic E-state index is -4.46. The van der Waals surface area contributed by atoms with Gasteiger partial charge in [-0.05, 0) is 23.6 Å². The van der Waals surface area contributed by atoms with E-state index in [0.717, 1.165) is 18.8 Å². The molecule has 0 atom stereocenters. The Hall–Kier alpha value is -6.14. The van der Waals surface area contributed by atoms with Crippen LogP contribution in [0.3, 0.4) is 0 Å². The van der Waals surface area contributed by atoms with Gasteiger partial charge in [-0.3, -0.25) is 19.8 Å². The highest BCUT2D eigenvalue weighted by atomic mass is 32.2. The van der Waals surface area contributed by atoms with E-state index in [2.05, 4.69) is 49.4 Å². The Morgan fingerprint density at radius 2 is 1.89 bits per heavy atom. The number of nitrogens with zero attached hydrogens (tertiary/aromatic N) is 8. The average molecular weight is 783 g/mol. The molecule has 0 spiro atoms. The van der Waals surface area contributed by atoms with Crippen molar-refractivity contribution < 1.29 is 41.4 Å². The summed E-state index contributed by atoms with van der Waals surface area (Å²) in [5, 5.41) is 1.56. The van der Waals surface area contributed by atoms with Crippen LogP contribution in [0, 0.1) is 23.6 Å². The molecule has 2 aliphatic heterocycles. The van der Waals surface area contributed by atoms with E-state index in [0.29, 0.717) is 16.2 Å². The first-order valence-corrected chi connectivity index (χ1v) is 18.1. The third kappa shape index (κ3) is 8.72. The molecule has 1 aromatic carbocycles. The number of hydrogen-bond donors (Lipinski definition) is 2. The monoisotopic (exact) mass is 782 g/mol. The van der Waals surface area contributed by atoms with Crippen molar-refractivity contribution in [3.63, 3.8) is 0 Å². The Labute approximate surface area is 313 Å². The van der Waals surface area contributed by atoms with Crippen LogP contribution < -0.4 is 34.0 Å². The summed E-state index contributed by atoms with van der Waals surface area (Å²) in [5.74, 6) is 2.26. The van der Waals surface area contributed by atoms with Gasteiger partial charge in [0.25, 0.3) is 21.8 Å². The van der Waals surface area contributed by atoms with Gasteiger partial charge in [-0.2, -0.15) is 22.8 Å². The number of benzene rings is 1. The molecule has 0 unspecified atom stereocenters. The fourth-order valence-electron chi connectivity index (χ4n) is 5.22.